The third-order valence-corrected chi connectivity index (χ3v) is 3.98. The van der Waals surface area contributed by atoms with Gasteiger partial charge >= 0.3 is 0 Å². The number of alkyl halides is 1. The second-order valence-electron chi connectivity index (χ2n) is 4.87. The molecule has 1 amide bonds. The predicted molar refractivity (Wildman–Crippen MR) is 72.2 cm³/mol. The smallest absolute Gasteiger partial charge is 0.251 e. The van der Waals surface area contributed by atoms with Crippen molar-refractivity contribution < 1.29 is 9.90 Å². The molecule has 4 heteroatoms. The number of benzene rings is 1. The Morgan fingerprint density at radius 2 is 2.00 bits per heavy atom. The molecular formula is C14H18ClNO2. The van der Waals surface area contributed by atoms with Crippen LogP contribution in [0.1, 0.15) is 41.6 Å². The molecule has 0 spiro atoms. The van der Waals surface area contributed by atoms with Gasteiger partial charge < -0.3 is 10.4 Å². The first-order chi connectivity index (χ1) is 8.58. The molecule has 18 heavy (non-hydrogen) atoms. The minimum atomic E-state index is -0.110. The highest BCUT2D eigenvalue weighted by Crippen LogP contribution is 2.24. The number of halogens is 1. The van der Waals surface area contributed by atoms with E-state index < -0.39 is 0 Å². The lowest BCUT2D eigenvalue weighted by Crippen LogP contribution is -2.38. The molecule has 0 radical (unpaired) electrons. The number of aromatic hydroxyl groups is 1. The molecule has 98 valence electrons. The zero-order valence-corrected chi connectivity index (χ0v) is 11.2. The largest absolute Gasteiger partial charge is 0.508 e. The average Bonchev–Trinajstić information content (AvgIpc) is 2.35. The maximum absolute atomic E-state index is 12.1. The highest BCUT2D eigenvalue weighted by Gasteiger charge is 2.22. The fourth-order valence-corrected chi connectivity index (χ4v) is 2.58. The summed E-state index contributed by atoms with van der Waals surface area (Å²) in [4.78, 5) is 12.1. The molecule has 0 aromatic heterocycles. The van der Waals surface area contributed by atoms with Gasteiger partial charge in [0.2, 0.25) is 0 Å². The van der Waals surface area contributed by atoms with Gasteiger partial charge in [0.05, 0.1) is 0 Å². The second kappa shape index (κ2) is 5.61. The van der Waals surface area contributed by atoms with Gasteiger partial charge in [-0.15, -0.1) is 11.6 Å². The van der Waals surface area contributed by atoms with Crippen LogP contribution in [0.5, 0.6) is 5.75 Å². The van der Waals surface area contributed by atoms with Gasteiger partial charge in [0.1, 0.15) is 5.75 Å². The van der Waals surface area contributed by atoms with Gasteiger partial charge in [-0.2, -0.15) is 0 Å². The van der Waals surface area contributed by atoms with Gasteiger partial charge in [-0.05, 0) is 44.7 Å². The lowest BCUT2D eigenvalue weighted by atomic mass is 9.94. The van der Waals surface area contributed by atoms with Crippen LogP contribution in [0.3, 0.4) is 0 Å². The quantitative estimate of drug-likeness (QED) is 0.810. The number of hydrogen-bond acceptors (Lipinski definition) is 2. The third-order valence-electron chi connectivity index (χ3n) is 3.54. The Labute approximate surface area is 112 Å². The number of carbonyl (C=O) groups is 1. The summed E-state index contributed by atoms with van der Waals surface area (Å²) in [5.74, 6) is 0.0496. The number of carbonyl (C=O) groups excluding carboxylic acids is 1. The number of nitrogens with one attached hydrogen (secondary N) is 1. The Bertz CT molecular complexity index is 439. The molecule has 0 unspecified atom stereocenters. The number of rotatable bonds is 2. The maximum atomic E-state index is 12.1. The topological polar surface area (TPSA) is 49.3 Å². The predicted octanol–water partition coefficient (Wildman–Crippen LogP) is 2.98. The Hall–Kier alpha value is -1.22. The second-order valence-corrected chi connectivity index (χ2v) is 5.49. The lowest BCUT2D eigenvalue weighted by molar-refractivity contribution is 0.0927. The van der Waals surface area contributed by atoms with Crippen molar-refractivity contribution >= 4 is 17.5 Å². The van der Waals surface area contributed by atoms with Gasteiger partial charge in [0, 0.05) is 22.5 Å². The van der Waals surface area contributed by atoms with Crippen molar-refractivity contribution in [3.8, 4) is 5.75 Å². The number of amides is 1. The van der Waals surface area contributed by atoms with Crippen molar-refractivity contribution in [1.29, 1.82) is 0 Å². The fourth-order valence-electron chi connectivity index (χ4n) is 2.33. The van der Waals surface area contributed by atoms with Crippen LogP contribution in [0.4, 0.5) is 0 Å². The summed E-state index contributed by atoms with van der Waals surface area (Å²) < 4.78 is 0. The van der Waals surface area contributed by atoms with Gasteiger partial charge in [-0.3, -0.25) is 4.79 Å². The molecule has 3 nitrogen and oxygen atoms in total. The SMILES string of the molecule is Cc1c(O)cccc1C(=O)NC1CCC(Cl)CC1. The molecule has 2 N–H and O–H groups in total. The van der Waals surface area contributed by atoms with Crippen LogP contribution in [0.2, 0.25) is 0 Å². The Balaban J connectivity index is 2.01. The van der Waals surface area contributed by atoms with Crippen LogP contribution in [-0.4, -0.2) is 22.4 Å². The van der Waals surface area contributed by atoms with E-state index in [-0.39, 0.29) is 23.1 Å². The van der Waals surface area contributed by atoms with Crippen molar-refractivity contribution in [2.45, 2.75) is 44.0 Å². The van der Waals surface area contributed by atoms with Crippen molar-refractivity contribution in [3.63, 3.8) is 0 Å². The van der Waals surface area contributed by atoms with Gasteiger partial charge in [-0.1, -0.05) is 6.07 Å². The molecule has 0 heterocycles. The molecule has 0 aliphatic heterocycles. The Morgan fingerprint density at radius 3 is 2.67 bits per heavy atom. The summed E-state index contributed by atoms with van der Waals surface area (Å²) in [6, 6.07) is 5.21. The van der Waals surface area contributed by atoms with E-state index in [9.17, 15) is 9.90 Å². The monoisotopic (exact) mass is 267 g/mol. The number of phenols is 1. The summed E-state index contributed by atoms with van der Waals surface area (Å²) >= 11 is 6.04. The first kappa shape index (κ1) is 13.2. The highest BCUT2D eigenvalue weighted by molar-refractivity contribution is 6.20. The van der Waals surface area contributed by atoms with Gasteiger partial charge in [0.25, 0.3) is 5.91 Å². The molecule has 1 aliphatic carbocycles. The number of hydrogen-bond donors (Lipinski definition) is 2. The molecular weight excluding hydrogens is 250 g/mol. The van der Waals surface area contributed by atoms with E-state index in [1.807, 2.05) is 0 Å². The van der Waals surface area contributed by atoms with E-state index >= 15 is 0 Å². The molecule has 1 saturated carbocycles. The van der Waals surface area contributed by atoms with E-state index in [4.69, 9.17) is 11.6 Å². The standard InChI is InChI=1S/C14H18ClNO2/c1-9-12(3-2-4-13(9)17)14(18)16-11-7-5-10(15)6-8-11/h2-4,10-11,17H,5-8H2,1H3,(H,16,18). The summed E-state index contributed by atoms with van der Waals surface area (Å²) in [5.41, 5.74) is 1.17. The van der Waals surface area contributed by atoms with Gasteiger partial charge in [0.15, 0.2) is 0 Å². The number of phenolic OH excluding ortho intramolecular Hbond substituents is 1. The summed E-state index contributed by atoms with van der Waals surface area (Å²) in [7, 11) is 0. The van der Waals surface area contributed by atoms with Crippen LogP contribution in [0, 0.1) is 6.92 Å². The molecule has 1 fully saturated rings. The van der Waals surface area contributed by atoms with Gasteiger partial charge in [-0.25, -0.2) is 0 Å². The molecule has 0 saturated heterocycles. The summed E-state index contributed by atoms with van der Waals surface area (Å²) in [5, 5.41) is 12.9. The van der Waals surface area contributed by atoms with E-state index in [1.165, 1.54) is 0 Å². The summed E-state index contributed by atoms with van der Waals surface area (Å²) in [6.45, 7) is 1.75. The van der Waals surface area contributed by atoms with Crippen LogP contribution in [0.25, 0.3) is 0 Å². The highest BCUT2D eigenvalue weighted by atomic mass is 35.5. The molecule has 1 aromatic rings. The van der Waals surface area contributed by atoms with Crippen LogP contribution in [0.15, 0.2) is 18.2 Å². The third kappa shape index (κ3) is 2.96. The normalized spacial score (nSPS) is 23.7. The van der Waals surface area contributed by atoms with E-state index in [0.29, 0.717) is 11.1 Å². The molecule has 1 aromatic carbocycles. The molecule has 1 aliphatic rings. The van der Waals surface area contributed by atoms with Crippen molar-refractivity contribution in [1.82, 2.24) is 5.32 Å². The van der Waals surface area contributed by atoms with E-state index in [0.717, 1.165) is 25.7 Å². The maximum Gasteiger partial charge on any atom is 0.251 e. The van der Waals surface area contributed by atoms with E-state index in [1.54, 1.807) is 25.1 Å². The minimum Gasteiger partial charge on any atom is -0.508 e. The van der Waals surface area contributed by atoms with Crippen molar-refractivity contribution in [3.05, 3.63) is 29.3 Å². The summed E-state index contributed by atoms with van der Waals surface area (Å²) in [6.07, 6.45) is 3.76. The Kier molecular flexibility index (Phi) is 4.12. The fraction of sp³-hybridized carbons (Fsp3) is 0.500. The van der Waals surface area contributed by atoms with Crippen LogP contribution in [-0.2, 0) is 0 Å². The first-order valence-electron chi connectivity index (χ1n) is 6.31. The molecule has 0 atom stereocenters. The van der Waals surface area contributed by atoms with Crippen molar-refractivity contribution in [2.75, 3.05) is 0 Å². The lowest BCUT2D eigenvalue weighted by Gasteiger charge is -2.26. The van der Waals surface area contributed by atoms with Crippen LogP contribution >= 0.6 is 11.6 Å². The zero-order chi connectivity index (χ0) is 13.1. The zero-order valence-electron chi connectivity index (χ0n) is 10.4. The Morgan fingerprint density at radius 1 is 1.33 bits per heavy atom. The average molecular weight is 268 g/mol. The van der Waals surface area contributed by atoms with E-state index in [2.05, 4.69) is 5.32 Å². The minimum absolute atomic E-state index is 0.110. The van der Waals surface area contributed by atoms with Crippen molar-refractivity contribution in [2.24, 2.45) is 0 Å². The molecule has 0 bridgehead atoms. The molecule has 2 rings (SSSR count). The van der Waals surface area contributed by atoms with Crippen LogP contribution < -0.4 is 5.32 Å². The first-order valence-corrected chi connectivity index (χ1v) is 6.75.